The highest BCUT2D eigenvalue weighted by atomic mass is 127. The van der Waals surface area contributed by atoms with Crippen LogP contribution < -0.4 is 10.6 Å². The lowest BCUT2D eigenvalue weighted by Crippen LogP contribution is -2.47. The lowest BCUT2D eigenvalue weighted by atomic mass is 10.0. The summed E-state index contributed by atoms with van der Waals surface area (Å²) in [5.74, 6) is 2.61. The van der Waals surface area contributed by atoms with Crippen molar-refractivity contribution in [3.05, 3.63) is 35.4 Å². The van der Waals surface area contributed by atoms with Crippen molar-refractivity contribution in [3.8, 4) is 0 Å². The van der Waals surface area contributed by atoms with Gasteiger partial charge in [-0.3, -0.25) is 0 Å². The average molecular weight is 435 g/mol. The van der Waals surface area contributed by atoms with Crippen molar-refractivity contribution >= 4 is 41.7 Å². The number of aliphatic imine (C=N–C) groups is 1. The van der Waals surface area contributed by atoms with Crippen LogP contribution in [0.4, 0.5) is 0 Å². The van der Waals surface area contributed by atoms with Crippen LogP contribution in [0.15, 0.2) is 29.3 Å². The molecule has 3 N–H and O–H groups in total. The first-order valence-electron chi connectivity index (χ1n) is 7.50. The molecule has 1 heterocycles. The Labute approximate surface area is 154 Å². The Morgan fingerprint density at radius 2 is 2.14 bits per heavy atom. The lowest BCUT2D eigenvalue weighted by molar-refractivity contribution is 0.0724. The van der Waals surface area contributed by atoms with Gasteiger partial charge in [0.15, 0.2) is 5.96 Å². The van der Waals surface area contributed by atoms with Crippen LogP contribution in [0.1, 0.15) is 24.5 Å². The number of benzene rings is 1. The van der Waals surface area contributed by atoms with Gasteiger partial charge in [-0.1, -0.05) is 24.3 Å². The smallest absolute Gasteiger partial charge is 0.191 e. The normalized spacial score (nSPS) is 21.3. The maximum absolute atomic E-state index is 10.4. The predicted octanol–water partition coefficient (Wildman–Crippen LogP) is 2.54. The van der Waals surface area contributed by atoms with E-state index in [0.29, 0.717) is 13.1 Å². The van der Waals surface area contributed by atoms with Gasteiger partial charge in [-0.25, -0.2) is 4.99 Å². The standard InChI is InChI=1S/C16H25N3OS.HI/c1-3-17-15(19-11-16(20)8-9-21-12-16)18-10-14-7-5-4-6-13(14)2;/h4-7,20H,3,8-12H2,1-2H3,(H2,17,18,19);1H. The Kier molecular flexibility index (Phi) is 8.56. The van der Waals surface area contributed by atoms with Gasteiger partial charge in [-0.2, -0.15) is 11.8 Å². The summed E-state index contributed by atoms with van der Waals surface area (Å²) in [4.78, 5) is 4.61. The predicted molar refractivity (Wildman–Crippen MR) is 106 cm³/mol. The first kappa shape index (κ1) is 19.6. The summed E-state index contributed by atoms with van der Waals surface area (Å²) in [6.45, 7) is 6.16. The van der Waals surface area contributed by atoms with E-state index in [4.69, 9.17) is 0 Å². The fourth-order valence-electron chi connectivity index (χ4n) is 2.28. The van der Waals surface area contributed by atoms with Gasteiger partial charge < -0.3 is 15.7 Å². The zero-order chi connectivity index (χ0) is 15.1. The van der Waals surface area contributed by atoms with Crippen molar-refractivity contribution in [1.82, 2.24) is 10.6 Å². The van der Waals surface area contributed by atoms with Crippen molar-refractivity contribution in [3.63, 3.8) is 0 Å². The highest BCUT2D eigenvalue weighted by Gasteiger charge is 2.31. The second kappa shape index (κ2) is 9.62. The summed E-state index contributed by atoms with van der Waals surface area (Å²) in [7, 11) is 0. The Bertz CT molecular complexity index is 490. The first-order valence-corrected chi connectivity index (χ1v) is 8.65. The zero-order valence-electron chi connectivity index (χ0n) is 13.3. The number of guanidine groups is 1. The number of rotatable bonds is 5. The molecule has 0 aromatic heterocycles. The Balaban J connectivity index is 0.00000242. The SMILES string of the molecule is CCNC(=NCc1ccccc1C)NCC1(O)CCSC1.I. The average Bonchev–Trinajstić information content (AvgIpc) is 2.91. The Morgan fingerprint density at radius 1 is 1.36 bits per heavy atom. The summed E-state index contributed by atoms with van der Waals surface area (Å²) in [5.41, 5.74) is 1.89. The van der Waals surface area contributed by atoms with Crippen LogP contribution in [0.5, 0.6) is 0 Å². The van der Waals surface area contributed by atoms with E-state index >= 15 is 0 Å². The summed E-state index contributed by atoms with van der Waals surface area (Å²) >= 11 is 1.81. The summed E-state index contributed by atoms with van der Waals surface area (Å²) < 4.78 is 0. The van der Waals surface area contributed by atoms with E-state index in [9.17, 15) is 5.11 Å². The Morgan fingerprint density at radius 3 is 2.77 bits per heavy atom. The number of aliphatic hydroxyl groups is 1. The van der Waals surface area contributed by atoms with E-state index in [1.165, 1.54) is 11.1 Å². The van der Waals surface area contributed by atoms with Gasteiger partial charge in [0.05, 0.1) is 12.1 Å². The maximum Gasteiger partial charge on any atom is 0.191 e. The van der Waals surface area contributed by atoms with Crippen LogP contribution in [0, 0.1) is 6.92 Å². The molecule has 0 spiro atoms. The first-order chi connectivity index (χ1) is 10.1. The lowest BCUT2D eigenvalue weighted by Gasteiger charge is -2.23. The third-order valence-corrected chi connectivity index (χ3v) is 4.91. The van der Waals surface area contributed by atoms with Gasteiger partial charge in [-0.05, 0) is 37.1 Å². The van der Waals surface area contributed by atoms with Crippen LogP contribution in [0.2, 0.25) is 0 Å². The van der Waals surface area contributed by atoms with Gasteiger partial charge in [0.2, 0.25) is 0 Å². The van der Waals surface area contributed by atoms with Crippen LogP contribution >= 0.6 is 35.7 Å². The van der Waals surface area contributed by atoms with E-state index in [2.05, 4.69) is 34.7 Å². The monoisotopic (exact) mass is 435 g/mol. The summed E-state index contributed by atoms with van der Waals surface area (Å²) in [6, 6.07) is 8.28. The molecular weight excluding hydrogens is 409 g/mol. The summed E-state index contributed by atoms with van der Waals surface area (Å²) in [5, 5.41) is 16.9. The number of hydrogen-bond acceptors (Lipinski definition) is 3. The molecule has 1 atom stereocenters. The van der Waals surface area contributed by atoms with Crippen molar-refractivity contribution < 1.29 is 5.11 Å². The van der Waals surface area contributed by atoms with Gasteiger partial charge >= 0.3 is 0 Å². The molecule has 1 unspecified atom stereocenters. The van der Waals surface area contributed by atoms with Gasteiger partial charge in [-0.15, -0.1) is 24.0 Å². The molecule has 0 amide bonds. The van der Waals surface area contributed by atoms with Crippen LogP contribution in [0.3, 0.4) is 0 Å². The third kappa shape index (κ3) is 5.96. The number of nitrogens with one attached hydrogen (secondary N) is 2. The number of nitrogens with zero attached hydrogens (tertiary/aromatic N) is 1. The largest absolute Gasteiger partial charge is 0.387 e. The molecule has 1 aromatic carbocycles. The Hall–Kier alpha value is -0.470. The van der Waals surface area contributed by atoms with Gasteiger partial charge in [0.1, 0.15) is 0 Å². The molecular formula is C16H26IN3OS. The number of thioether (sulfide) groups is 1. The zero-order valence-corrected chi connectivity index (χ0v) is 16.4. The second-order valence-electron chi connectivity index (χ2n) is 5.50. The molecule has 6 heteroatoms. The van der Waals surface area contributed by atoms with E-state index in [1.807, 2.05) is 30.8 Å². The minimum Gasteiger partial charge on any atom is -0.387 e. The molecule has 0 aliphatic carbocycles. The van der Waals surface area contributed by atoms with E-state index < -0.39 is 5.60 Å². The molecule has 1 fully saturated rings. The number of hydrogen-bond donors (Lipinski definition) is 3. The molecule has 22 heavy (non-hydrogen) atoms. The third-order valence-electron chi connectivity index (χ3n) is 3.68. The minimum atomic E-state index is -0.594. The van der Waals surface area contributed by atoms with Crippen LogP contribution in [0.25, 0.3) is 0 Å². The number of halogens is 1. The van der Waals surface area contributed by atoms with Crippen molar-refractivity contribution in [2.75, 3.05) is 24.6 Å². The molecule has 2 rings (SSSR count). The fraction of sp³-hybridized carbons (Fsp3) is 0.562. The fourth-order valence-corrected chi connectivity index (χ4v) is 3.57. The van der Waals surface area contributed by atoms with E-state index in [-0.39, 0.29) is 24.0 Å². The highest BCUT2D eigenvalue weighted by molar-refractivity contribution is 14.0. The molecule has 0 saturated carbocycles. The van der Waals surface area contributed by atoms with E-state index in [0.717, 1.165) is 30.4 Å². The van der Waals surface area contributed by atoms with Gasteiger partial charge in [0, 0.05) is 18.8 Å². The highest BCUT2D eigenvalue weighted by Crippen LogP contribution is 2.26. The van der Waals surface area contributed by atoms with Crippen LogP contribution in [-0.4, -0.2) is 41.3 Å². The van der Waals surface area contributed by atoms with Crippen molar-refractivity contribution in [2.24, 2.45) is 4.99 Å². The van der Waals surface area contributed by atoms with E-state index in [1.54, 1.807) is 0 Å². The molecule has 1 saturated heterocycles. The van der Waals surface area contributed by atoms with Crippen LogP contribution in [-0.2, 0) is 6.54 Å². The van der Waals surface area contributed by atoms with Crippen molar-refractivity contribution in [1.29, 1.82) is 0 Å². The second-order valence-corrected chi connectivity index (χ2v) is 6.61. The molecule has 1 aliphatic rings. The minimum absolute atomic E-state index is 0. The van der Waals surface area contributed by atoms with Gasteiger partial charge in [0.25, 0.3) is 0 Å². The topological polar surface area (TPSA) is 56.7 Å². The molecule has 4 nitrogen and oxygen atoms in total. The number of aryl methyl sites for hydroxylation is 1. The molecule has 0 radical (unpaired) electrons. The summed E-state index contributed by atoms with van der Waals surface area (Å²) in [6.07, 6.45) is 0.849. The van der Waals surface area contributed by atoms with Crippen molar-refractivity contribution in [2.45, 2.75) is 32.4 Å². The molecule has 1 aliphatic heterocycles. The molecule has 1 aromatic rings. The quantitative estimate of drug-likeness (QED) is 0.378. The molecule has 0 bridgehead atoms. The maximum atomic E-state index is 10.4. The molecule has 124 valence electrons.